The fourth-order valence-electron chi connectivity index (χ4n) is 2.89. The second kappa shape index (κ2) is 6.59. The van der Waals surface area contributed by atoms with Crippen molar-refractivity contribution < 1.29 is 9.26 Å². The summed E-state index contributed by atoms with van der Waals surface area (Å²) < 4.78 is 11.0. The zero-order valence-electron chi connectivity index (χ0n) is 13.4. The second-order valence-electron chi connectivity index (χ2n) is 6.10. The van der Waals surface area contributed by atoms with E-state index in [1.165, 1.54) is 12.8 Å². The topological polar surface area (TPSA) is 115 Å². The highest BCUT2D eigenvalue weighted by atomic mass is 16.5. The third kappa shape index (κ3) is 4.23. The Morgan fingerprint density at radius 1 is 1.43 bits per heavy atom. The predicted molar refractivity (Wildman–Crippen MR) is 86.3 cm³/mol. The van der Waals surface area contributed by atoms with E-state index in [4.69, 9.17) is 20.7 Å². The van der Waals surface area contributed by atoms with Gasteiger partial charge in [0.2, 0.25) is 0 Å². The summed E-state index contributed by atoms with van der Waals surface area (Å²) in [5.74, 6) is 0.426. The van der Waals surface area contributed by atoms with E-state index < -0.39 is 5.79 Å². The monoisotopic (exact) mass is 320 g/mol. The Morgan fingerprint density at radius 3 is 2.91 bits per heavy atom. The Kier molecular flexibility index (Phi) is 4.53. The normalized spacial score (nSPS) is 25.0. The quantitative estimate of drug-likeness (QED) is 0.678. The number of nitrogens with one attached hydrogen (secondary N) is 1. The Bertz CT molecular complexity index is 605. The third-order valence-corrected chi connectivity index (χ3v) is 3.93. The van der Waals surface area contributed by atoms with Gasteiger partial charge in [0, 0.05) is 18.7 Å². The van der Waals surface area contributed by atoms with Crippen LogP contribution in [0.2, 0.25) is 0 Å². The molecule has 1 saturated heterocycles. The van der Waals surface area contributed by atoms with Gasteiger partial charge in [0.1, 0.15) is 18.2 Å². The van der Waals surface area contributed by atoms with Crippen molar-refractivity contribution in [2.75, 3.05) is 26.2 Å². The first-order valence-corrected chi connectivity index (χ1v) is 7.94. The SMILES string of the molecule is Cc1cc(CC2(N)N=C(N)C=C(OCCN3CCCC3)N2)on1. The standard InChI is InChI=1S/C15H24N6O2/c1-11-8-12(23-20-11)10-15(17)18-13(16)9-14(19-15)22-7-6-21-4-2-3-5-21/h8-9,19H,2-7,10,17H2,1H3,(H2,16,18). The van der Waals surface area contributed by atoms with Gasteiger partial charge in [-0.1, -0.05) is 5.16 Å². The molecule has 0 saturated carbocycles. The summed E-state index contributed by atoms with van der Waals surface area (Å²) in [6.45, 7) is 5.63. The third-order valence-electron chi connectivity index (χ3n) is 3.93. The molecule has 1 unspecified atom stereocenters. The lowest BCUT2D eigenvalue weighted by molar-refractivity contribution is 0.136. The first-order chi connectivity index (χ1) is 11.0. The molecule has 126 valence electrons. The minimum absolute atomic E-state index is 0.332. The molecule has 5 N–H and O–H groups in total. The van der Waals surface area contributed by atoms with E-state index in [1.54, 1.807) is 6.08 Å². The van der Waals surface area contributed by atoms with Crippen LogP contribution in [0, 0.1) is 6.92 Å². The molecule has 0 aromatic carbocycles. The maximum atomic E-state index is 6.28. The van der Waals surface area contributed by atoms with Crippen LogP contribution in [0.3, 0.4) is 0 Å². The van der Waals surface area contributed by atoms with Crippen molar-refractivity contribution in [3.63, 3.8) is 0 Å². The summed E-state index contributed by atoms with van der Waals surface area (Å²) in [6.07, 6.45) is 4.52. The van der Waals surface area contributed by atoms with Crippen LogP contribution in [0.4, 0.5) is 0 Å². The molecule has 8 nitrogen and oxygen atoms in total. The summed E-state index contributed by atoms with van der Waals surface area (Å²) in [4.78, 5) is 6.64. The number of hydrogen-bond acceptors (Lipinski definition) is 8. The van der Waals surface area contributed by atoms with Crippen molar-refractivity contribution in [3.05, 3.63) is 29.5 Å². The average molecular weight is 320 g/mol. The molecule has 8 heteroatoms. The van der Waals surface area contributed by atoms with Crippen LogP contribution in [-0.4, -0.2) is 47.9 Å². The van der Waals surface area contributed by atoms with E-state index in [0.29, 0.717) is 30.5 Å². The molecule has 1 atom stereocenters. The zero-order chi connectivity index (χ0) is 16.3. The van der Waals surface area contributed by atoms with Crippen LogP contribution < -0.4 is 16.8 Å². The van der Waals surface area contributed by atoms with Crippen LogP contribution in [0.1, 0.15) is 24.3 Å². The smallest absolute Gasteiger partial charge is 0.194 e. The number of hydrogen-bond donors (Lipinski definition) is 3. The number of amidine groups is 1. The summed E-state index contributed by atoms with van der Waals surface area (Å²) in [5, 5.41) is 6.94. The molecule has 2 aliphatic heterocycles. The van der Waals surface area contributed by atoms with Crippen LogP contribution in [0.5, 0.6) is 0 Å². The van der Waals surface area contributed by atoms with Gasteiger partial charge in [-0.2, -0.15) is 0 Å². The number of rotatable bonds is 6. The Morgan fingerprint density at radius 2 is 2.22 bits per heavy atom. The number of likely N-dealkylation sites (tertiary alicyclic amines) is 1. The molecule has 23 heavy (non-hydrogen) atoms. The van der Waals surface area contributed by atoms with Crippen LogP contribution >= 0.6 is 0 Å². The van der Waals surface area contributed by atoms with Gasteiger partial charge in [0.15, 0.2) is 11.7 Å². The van der Waals surface area contributed by atoms with Crippen molar-refractivity contribution in [1.82, 2.24) is 15.4 Å². The highest BCUT2D eigenvalue weighted by Gasteiger charge is 2.31. The van der Waals surface area contributed by atoms with E-state index in [9.17, 15) is 0 Å². The van der Waals surface area contributed by atoms with Gasteiger partial charge in [-0.05, 0) is 32.9 Å². The first kappa shape index (κ1) is 15.8. The lowest BCUT2D eigenvalue weighted by atomic mass is 10.1. The van der Waals surface area contributed by atoms with Crippen LogP contribution in [0.25, 0.3) is 0 Å². The zero-order valence-corrected chi connectivity index (χ0v) is 13.4. The summed E-state index contributed by atoms with van der Waals surface area (Å²) in [5.41, 5.74) is 12.9. The summed E-state index contributed by atoms with van der Waals surface area (Å²) >= 11 is 0. The molecule has 0 spiro atoms. The van der Waals surface area contributed by atoms with Crippen molar-refractivity contribution in [3.8, 4) is 0 Å². The minimum atomic E-state index is -1.09. The number of aliphatic imine (C=N–C) groups is 1. The Labute approximate surface area is 135 Å². The van der Waals surface area contributed by atoms with Crippen molar-refractivity contribution in [2.45, 2.75) is 32.0 Å². The van der Waals surface area contributed by atoms with Gasteiger partial charge < -0.3 is 20.3 Å². The van der Waals surface area contributed by atoms with Crippen molar-refractivity contribution >= 4 is 5.84 Å². The van der Waals surface area contributed by atoms with Gasteiger partial charge in [-0.25, -0.2) is 4.99 Å². The molecular formula is C15H24N6O2. The van der Waals surface area contributed by atoms with Gasteiger partial charge in [-0.3, -0.25) is 10.6 Å². The molecule has 3 rings (SSSR count). The molecule has 3 heterocycles. The molecular weight excluding hydrogens is 296 g/mol. The molecule has 0 aliphatic carbocycles. The van der Waals surface area contributed by atoms with Crippen molar-refractivity contribution in [2.24, 2.45) is 16.5 Å². The van der Waals surface area contributed by atoms with E-state index in [1.807, 2.05) is 13.0 Å². The number of nitrogens with two attached hydrogens (primary N) is 2. The minimum Gasteiger partial charge on any atom is -0.478 e. The van der Waals surface area contributed by atoms with E-state index in [2.05, 4.69) is 20.4 Å². The fraction of sp³-hybridized carbons (Fsp3) is 0.600. The molecule has 0 radical (unpaired) electrons. The molecule has 0 bridgehead atoms. The average Bonchev–Trinajstić information content (AvgIpc) is 3.09. The lowest BCUT2D eigenvalue weighted by Gasteiger charge is -2.31. The molecule has 2 aliphatic rings. The second-order valence-corrected chi connectivity index (χ2v) is 6.10. The highest BCUT2D eigenvalue weighted by molar-refractivity contribution is 5.92. The number of nitrogens with zero attached hydrogens (tertiary/aromatic N) is 3. The largest absolute Gasteiger partial charge is 0.478 e. The summed E-state index contributed by atoms with van der Waals surface area (Å²) in [6, 6.07) is 1.83. The van der Waals surface area contributed by atoms with Gasteiger partial charge in [-0.15, -0.1) is 0 Å². The maximum absolute atomic E-state index is 6.28. The number of aryl methyl sites for hydroxylation is 1. The van der Waals surface area contributed by atoms with E-state index in [-0.39, 0.29) is 0 Å². The molecule has 0 amide bonds. The van der Waals surface area contributed by atoms with Gasteiger partial charge in [0.05, 0.1) is 12.1 Å². The van der Waals surface area contributed by atoms with Gasteiger partial charge >= 0.3 is 0 Å². The fourth-order valence-corrected chi connectivity index (χ4v) is 2.89. The summed E-state index contributed by atoms with van der Waals surface area (Å²) in [7, 11) is 0. The molecule has 1 fully saturated rings. The Hall–Kier alpha value is -2.06. The number of ether oxygens (including phenoxy) is 1. The maximum Gasteiger partial charge on any atom is 0.194 e. The Balaban J connectivity index is 1.56. The molecule has 1 aromatic heterocycles. The van der Waals surface area contributed by atoms with Crippen LogP contribution in [-0.2, 0) is 11.2 Å². The van der Waals surface area contributed by atoms with E-state index in [0.717, 1.165) is 25.3 Å². The van der Waals surface area contributed by atoms with Gasteiger partial charge in [0.25, 0.3) is 0 Å². The predicted octanol–water partition coefficient (Wildman–Crippen LogP) is 0.0522. The van der Waals surface area contributed by atoms with Crippen LogP contribution in [0.15, 0.2) is 27.5 Å². The van der Waals surface area contributed by atoms with Crippen molar-refractivity contribution in [1.29, 1.82) is 0 Å². The van der Waals surface area contributed by atoms with E-state index >= 15 is 0 Å². The highest BCUT2D eigenvalue weighted by Crippen LogP contribution is 2.16. The first-order valence-electron chi connectivity index (χ1n) is 7.94. The number of aromatic nitrogens is 1. The lowest BCUT2D eigenvalue weighted by Crippen LogP contribution is -2.56. The molecule has 1 aromatic rings.